The Labute approximate surface area is 159 Å². The lowest BCUT2D eigenvalue weighted by molar-refractivity contribution is 0.0997. The van der Waals surface area contributed by atoms with Gasteiger partial charge in [0.2, 0.25) is 0 Å². The van der Waals surface area contributed by atoms with Crippen LogP contribution in [0.3, 0.4) is 0 Å². The molecule has 2 N–H and O–H groups in total. The van der Waals surface area contributed by atoms with Gasteiger partial charge in [0.25, 0.3) is 5.91 Å². The number of aromatic amines is 1. The van der Waals surface area contributed by atoms with Crippen molar-refractivity contribution in [3.63, 3.8) is 0 Å². The zero-order chi connectivity index (χ0) is 18.6. The van der Waals surface area contributed by atoms with Gasteiger partial charge in [-0.1, -0.05) is 28.9 Å². The van der Waals surface area contributed by atoms with Crippen LogP contribution in [0.4, 0.5) is 5.69 Å². The van der Waals surface area contributed by atoms with Crippen LogP contribution in [-0.4, -0.2) is 26.5 Å². The van der Waals surface area contributed by atoms with E-state index in [1.54, 1.807) is 30.3 Å². The first kappa shape index (κ1) is 17.0. The second kappa shape index (κ2) is 7.43. The first-order chi connectivity index (χ1) is 13.2. The average Bonchev–Trinajstić information content (AvgIpc) is 3.35. The van der Waals surface area contributed by atoms with Gasteiger partial charge in [-0.2, -0.15) is 5.21 Å². The topological polar surface area (TPSA) is 96.7 Å². The van der Waals surface area contributed by atoms with Gasteiger partial charge >= 0.3 is 0 Å². The van der Waals surface area contributed by atoms with Crippen molar-refractivity contribution in [1.82, 2.24) is 20.6 Å². The van der Waals surface area contributed by atoms with E-state index in [0.29, 0.717) is 28.7 Å². The van der Waals surface area contributed by atoms with Crippen LogP contribution in [-0.2, 0) is 6.42 Å². The molecule has 27 heavy (non-hydrogen) atoms. The van der Waals surface area contributed by atoms with E-state index in [0.717, 1.165) is 11.1 Å². The zero-order valence-corrected chi connectivity index (χ0v) is 14.8. The Morgan fingerprint density at radius 1 is 1.11 bits per heavy atom. The maximum Gasteiger partial charge on any atom is 0.291 e. The Balaban J connectivity index is 1.47. The predicted molar refractivity (Wildman–Crippen MR) is 101 cm³/mol. The fourth-order valence-corrected chi connectivity index (χ4v) is 2.75. The number of hydrogen-bond donors (Lipinski definition) is 2. The molecule has 7 nitrogen and oxygen atoms in total. The summed E-state index contributed by atoms with van der Waals surface area (Å²) in [6.45, 7) is 0. The van der Waals surface area contributed by atoms with E-state index in [1.807, 2.05) is 30.3 Å². The molecule has 2 aromatic carbocycles. The second-order valence-corrected chi connectivity index (χ2v) is 6.27. The van der Waals surface area contributed by atoms with Gasteiger partial charge in [0.05, 0.1) is 0 Å². The van der Waals surface area contributed by atoms with E-state index >= 15 is 0 Å². The number of halogens is 1. The largest absolute Gasteiger partial charge is 0.451 e. The van der Waals surface area contributed by atoms with Crippen molar-refractivity contribution in [1.29, 1.82) is 0 Å². The van der Waals surface area contributed by atoms with Crippen molar-refractivity contribution in [2.24, 2.45) is 0 Å². The van der Waals surface area contributed by atoms with Crippen molar-refractivity contribution in [2.45, 2.75) is 6.42 Å². The fraction of sp³-hybridized carbons (Fsp3) is 0.0526. The third kappa shape index (κ3) is 4.04. The van der Waals surface area contributed by atoms with Crippen LogP contribution in [0, 0.1) is 0 Å². The molecule has 0 aliphatic carbocycles. The number of rotatable bonds is 5. The number of H-pyrrole nitrogens is 1. The smallest absolute Gasteiger partial charge is 0.291 e. The number of aromatic nitrogens is 4. The van der Waals surface area contributed by atoms with Crippen LogP contribution in [0.5, 0.6) is 0 Å². The molecule has 1 amide bonds. The SMILES string of the molecule is O=C(Nc1cccc(Cc2nn[nH]n2)c1)c1ccc(-c2ccc(Cl)cc2)o1. The molecule has 8 heteroatoms. The molecule has 0 aliphatic heterocycles. The van der Waals surface area contributed by atoms with Gasteiger partial charge in [-0.15, -0.1) is 10.2 Å². The second-order valence-electron chi connectivity index (χ2n) is 5.83. The standard InChI is InChI=1S/C19H14ClN5O2/c20-14-6-4-13(5-7-14)16-8-9-17(27-16)19(26)21-15-3-1-2-12(10-15)11-18-22-24-25-23-18/h1-10H,11H2,(H,21,26)(H,22,23,24,25). The maximum atomic E-state index is 12.5. The van der Waals surface area contributed by atoms with Crippen LogP contribution in [0.2, 0.25) is 5.02 Å². The lowest BCUT2D eigenvalue weighted by atomic mass is 10.1. The van der Waals surface area contributed by atoms with E-state index in [4.69, 9.17) is 16.0 Å². The monoisotopic (exact) mass is 379 g/mol. The first-order valence-corrected chi connectivity index (χ1v) is 8.53. The third-order valence-electron chi connectivity index (χ3n) is 3.89. The van der Waals surface area contributed by atoms with Crippen molar-refractivity contribution in [3.05, 3.63) is 82.8 Å². The number of nitrogens with zero attached hydrogens (tertiary/aromatic N) is 3. The summed E-state index contributed by atoms with van der Waals surface area (Å²) >= 11 is 5.89. The van der Waals surface area contributed by atoms with Crippen molar-refractivity contribution in [2.75, 3.05) is 5.32 Å². The molecule has 2 heterocycles. The molecule has 0 aliphatic rings. The lowest BCUT2D eigenvalue weighted by Crippen LogP contribution is -2.11. The Bertz CT molecular complexity index is 1060. The minimum atomic E-state index is -0.327. The molecule has 2 aromatic heterocycles. The molecule has 4 rings (SSSR count). The third-order valence-corrected chi connectivity index (χ3v) is 4.15. The number of furan rings is 1. The molecule has 0 bridgehead atoms. The summed E-state index contributed by atoms with van der Waals surface area (Å²) in [6.07, 6.45) is 0.516. The van der Waals surface area contributed by atoms with E-state index in [9.17, 15) is 4.79 Å². The molecule has 0 unspecified atom stereocenters. The molecule has 0 fully saturated rings. The molecular formula is C19H14ClN5O2. The molecular weight excluding hydrogens is 366 g/mol. The van der Waals surface area contributed by atoms with Gasteiger partial charge in [0, 0.05) is 22.7 Å². The summed E-state index contributed by atoms with van der Waals surface area (Å²) in [5.74, 6) is 1.08. The molecule has 4 aromatic rings. The van der Waals surface area contributed by atoms with Crippen LogP contribution >= 0.6 is 11.6 Å². The van der Waals surface area contributed by atoms with Gasteiger partial charge in [-0.25, -0.2) is 0 Å². The Kier molecular flexibility index (Phi) is 4.67. The van der Waals surface area contributed by atoms with Crippen molar-refractivity contribution in [3.8, 4) is 11.3 Å². The molecule has 0 spiro atoms. The number of tetrazole rings is 1. The number of benzene rings is 2. The first-order valence-electron chi connectivity index (χ1n) is 8.16. The highest BCUT2D eigenvalue weighted by Crippen LogP contribution is 2.24. The molecule has 0 saturated carbocycles. The summed E-state index contributed by atoms with van der Waals surface area (Å²) in [4.78, 5) is 12.5. The van der Waals surface area contributed by atoms with Crippen LogP contribution in [0.25, 0.3) is 11.3 Å². The van der Waals surface area contributed by atoms with Gasteiger partial charge in [0.15, 0.2) is 11.6 Å². The van der Waals surface area contributed by atoms with Gasteiger partial charge in [-0.3, -0.25) is 4.79 Å². The van der Waals surface area contributed by atoms with Crippen LogP contribution in [0.1, 0.15) is 21.9 Å². The normalized spacial score (nSPS) is 10.7. The Morgan fingerprint density at radius 3 is 2.74 bits per heavy atom. The Morgan fingerprint density at radius 2 is 1.96 bits per heavy atom. The zero-order valence-electron chi connectivity index (χ0n) is 14.0. The van der Waals surface area contributed by atoms with E-state index in [2.05, 4.69) is 25.9 Å². The molecule has 0 saturated heterocycles. The highest BCUT2D eigenvalue weighted by molar-refractivity contribution is 6.30. The van der Waals surface area contributed by atoms with E-state index < -0.39 is 0 Å². The summed E-state index contributed by atoms with van der Waals surface area (Å²) in [5, 5.41) is 17.3. The molecule has 134 valence electrons. The van der Waals surface area contributed by atoms with E-state index in [1.165, 1.54) is 0 Å². The number of nitrogens with one attached hydrogen (secondary N) is 2. The van der Waals surface area contributed by atoms with Gasteiger partial charge in [-0.05, 0) is 54.1 Å². The summed E-state index contributed by atoms with van der Waals surface area (Å²) in [6, 6.07) is 18.1. The highest BCUT2D eigenvalue weighted by atomic mass is 35.5. The number of hydrogen-bond acceptors (Lipinski definition) is 5. The average molecular weight is 380 g/mol. The Hall–Kier alpha value is -3.45. The number of carbonyl (C=O) groups excluding carboxylic acids is 1. The van der Waals surface area contributed by atoms with E-state index in [-0.39, 0.29) is 11.7 Å². The molecule has 0 atom stereocenters. The minimum Gasteiger partial charge on any atom is -0.451 e. The number of amides is 1. The van der Waals surface area contributed by atoms with Crippen LogP contribution in [0.15, 0.2) is 65.1 Å². The minimum absolute atomic E-state index is 0.225. The predicted octanol–water partition coefficient (Wildman–Crippen LogP) is 3.96. The number of anilines is 1. The quantitative estimate of drug-likeness (QED) is 0.547. The van der Waals surface area contributed by atoms with Crippen molar-refractivity contribution < 1.29 is 9.21 Å². The fourth-order valence-electron chi connectivity index (χ4n) is 2.62. The maximum absolute atomic E-state index is 12.5. The lowest BCUT2D eigenvalue weighted by Gasteiger charge is -2.05. The summed E-state index contributed by atoms with van der Waals surface area (Å²) < 4.78 is 5.67. The molecule has 0 radical (unpaired) electrons. The summed E-state index contributed by atoms with van der Waals surface area (Å²) in [7, 11) is 0. The van der Waals surface area contributed by atoms with Crippen molar-refractivity contribution >= 4 is 23.2 Å². The number of carbonyl (C=O) groups is 1. The van der Waals surface area contributed by atoms with Crippen LogP contribution < -0.4 is 5.32 Å². The highest BCUT2D eigenvalue weighted by Gasteiger charge is 2.13. The van der Waals surface area contributed by atoms with Gasteiger partial charge in [0.1, 0.15) is 5.76 Å². The van der Waals surface area contributed by atoms with Gasteiger partial charge < -0.3 is 9.73 Å². The summed E-state index contributed by atoms with van der Waals surface area (Å²) in [5.41, 5.74) is 2.46.